The minimum atomic E-state index is 0.0737. The molecule has 0 radical (unpaired) electrons. The lowest BCUT2D eigenvalue weighted by Gasteiger charge is -2.60. The number of benzene rings is 1. The Balaban J connectivity index is 1.60. The van der Waals surface area contributed by atoms with E-state index >= 15 is 0 Å². The third-order valence-corrected chi connectivity index (χ3v) is 10.1. The molecule has 2 nitrogen and oxygen atoms in total. The Morgan fingerprint density at radius 1 is 1.07 bits per heavy atom. The van der Waals surface area contributed by atoms with Crippen molar-refractivity contribution in [2.45, 2.75) is 71.8 Å². The van der Waals surface area contributed by atoms with Crippen LogP contribution in [-0.2, 0) is 4.79 Å². The summed E-state index contributed by atoms with van der Waals surface area (Å²) in [4.78, 5) is 13.4. The molecule has 1 aromatic rings. The van der Waals surface area contributed by atoms with Crippen LogP contribution in [0.1, 0.15) is 64.4 Å². The summed E-state index contributed by atoms with van der Waals surface area (Å²) in [6.07, 6.45) is 13.6. The number of amides is 1. The van der Waals surface area contributed by atoms with Gasteiger partial charge in [-0.25, -0.2) is 9.28 Å². The number of fused-ring (bicyclic) bond motifs is 5. The summed E-state index contributed by atoms with van der Waals surface area (Å²) in [5.74, 6) is 2.61. The number of hydrogen-bond donors (Lipinski definition) is 0. The second kappa shape index (κ2) is 6.44. The van der Waals surface area contributed by atoms with E-state index in [0.29, 0.717) is 21.9 Å². The van der Waals surface area contributed by atoms with Gasteiger partial charge in [-0.15, -0.1) is 0 Å². The number of carbonyl (C=O) groups excluding carboxylic acids is 1. The predicted octanol–water partition coefficient (Wildman–Crippen LogP) is 6.68. The Hall–Kier alpha value is -1.12. The molecule has 0 N–H and O–H groups in total. The maximum atomic E-state index is 13.4. The highest BCUT2D eigenvalue weighted by Crippen LogP contribution is 2.64. The van der Waals surface area contributed by atoms with Crippen molar-refractivity contribution in [3.63, 3.8) is 0 Å². The molecule has 1 unspecified atom stereocenters. The highest BCUT2D eigenvalue weighted by Gasteiger charge is 2.63. The summed E-state index contributed by atoms with van der Waals surface area (Å²) in [5.41, 5.74) is 2.89. The first-order valence-electron chi connectivity index (χ1n) is 11.6. The van der Waals surface area contributed by atoms with E-state index in [1.165, 1.54) is 38.5 Å². The van der Waals surface area contributed by atoms with Gasteiger partial charge in [0.25, 0.3) is 0 Å². The van der Waals surface area contributed by atoms with Crippen molar-refractivity contribution in [1.29, 1.82) is 0 Å². The zero-order valence-corrected chi connectivity index (χ0v) is 19.1. The number of rotatable bonds is 1. The smallest absolute Gasteiger partial charge is 0.226 e. The fourth-order valence-corrected chi connectivity index (χ4v) is 8.51. The summed E-state index contributed by atoms with van der Waals surface area (Å²) in [7, 11) is 2.15. The normalized spacial score (nSPS) is 46.2. The number of aryl methyl sites for hydroxylation is 1. The minimum absolute atomic E-state index is 0.0737. The minimum Gasteiger partial charge on any atom is -0.226 e. The first-order valence-corrected chi connectivity index (χ1v) is 11.9. The third-order valence-electron chi connectivity index (χ3n) is 9.85. The van der Waals surface area contributed by atoms with E-state index in [4.69, 9.17) is 11.6 Å². The van der Waals surface area contributed by atoms with E-state index in [0.717, 1.165) is 34.5 Å². The van der Waals surface area contributed by atoms with E-state index in [1.54, 1.807) is 0 Å². The van der Waals surface area contributed by atoms with Gasteiger partial charge in [0.1, 0.15) is 11.7 Å². The number of hydrogen-bond acceptors (Lipinski definition) is 1. The molecule has 0 saturated heterocycles. The standard InChI is InChI=1S/C26H35ClNO/c1-17-7-8-18(27)16-22(17)28(4)23-10-9-19-20-6-5-13-25(20,2)14-11-21(19)26(23,3)15-12-24(28)29/h7-8,12,15-16,19-21,23H,5-6,9-11,13-14H2,1-4H3/q+1/t19-,20-,21-,23+,25-,26+,28?/m0/s1. The lowest BCUT2D eigenvalue weighted by Crippen LogP contribution is -2.69. The molecule has 1 amide bonds. The van der Waals surface area contributed by atoms with Crippen LogP contribution in [0, 0.1) is 35.5 Å². The fraction of sp³-hybridized carbons (Fsp3) is 0.654. The molecule has 29 heavy (non-hydrogen) atoms. The van der Waals surface area contributed by atoms with Crippen molar-refractivity contribution in [2.24, 2.45) is 28.6 Å². The molecule has 4 aliphatic rings. The summed E-state index contributed by atoms with van der Waals surface area (Å²) < 4.78 is 0.380. The molecule has 5 rings (SSSR count). The number of likely N-dealkylation sites (N-methyl/N-ethyl adjacent to an activating group) is 1. The zero-order chi connectivity index (χ0) is 20.6. The molecule has 3 aliphatic carbocycles. The van der Waals surface area contributed by atoms with Gasteiger partial charge in [0.05, 0.1) is 7.05 Å². The van der Waals surface area contributed by atoms with Crippen LogP contribution >= 0.6 is 11.6 Å². The molecule has 3 fully saturated rings. The monoisotopic (exact) mass is 412 g/mol. The van der Waals surface area contributed by atoms with Crippen molar-refractivity contribution in [3.05, 3.63) is 40.9 Å². The highest BCUT2D eigenvalue weighted by molar-refractivity contribution is 6.31. The van der Waals surface area contributed by atoms with Gasteiger partial charge in [0, 0.05) is 34.6 Å². The highest BCUT2D eigenvalue weighted by atomic mass is 35.5. The van der Waals surface area contributed by atoms with Gasteiger partial charge in [-0.1, -0.05) is 44.0 Å². The first-order chi connectivity index (χ1) is 13.7. The van der Waals surface area contributed by atoms with Crippen LogP contribution in [0.25, 0.3) is 0 Å². The van der Waals surface area contributed by atoms with Gasteiger partial charge >= 0.3 is 5.91 Å². The van der Waals surface area contributed by atoms with Crippen LogP contribution in [0.5, 0.6) is 0 Å². The van der Waals surface area contributed by atoms with Crippen LogP contribution in [0.2, 0.25) is 5.02 Å². The molecule has 156 valence electrons. The molecule has 0 bridgehead atoms. The van der Waals surface area contributed by atoms with Crippen molar-refractivity contribution in [1.82, 2.24) is 4.48 Å². The Morgan fingerprint density at radius 2 is 1.86 bits per heavy atom. The average Bonchev–Trinajstić information content (AvgIpc) is 3.09. The molecule has 7 atom stereocenters. The van der Waals surface area contributed by atoms with Gasteiger partial charge in [0.2, 0.25) is 0 Å². The van der Waals surface area contributed by atoms with Crippen LogP contribution in [0.4, 0.5) is 5.69 Å². The topological polar surface area (TPSA) is 17.1 Å². The molecule has 1 aliphatic heterocycles. The molecule has 1 heterocycles. The van der Waals surface area contributed by atoms with Crippen LogP contribution in [0.3, 0.4) is 0 Å². The Bertz CT molecular complexity index is 893. The largest absolute Gasteiger partial charge is 0.343 e. The van der Waals surface area contributed by atoms with Crippen molar-refractivity contribution in [2.75, 3.05) is 7.05 Å². The molecule has 3 saturated carbocycles. The second-order valence-corrected chi connectivity index (χ2v) is 11.5. The number of quaternary nitrogens is 1. The lowest BCUT2D eigenvalue weighted by molar-refractivity contribution is -0.136. The Morgan fingerprint density at radius 3 is 2.66 bits per heavy atom. The van der Waals surface area contributed by atoms with E-state index < -0.39 is 0 Å². The molecule has 0 aromatic heterocycles. The van der Waals surface area contributed by atoms with E-state index in [-0.39, 0.29) is 11.3 Å². The maximum absolute atomic E-state index is 13.4. The van der Waals surface area contributed by atoms with Crippen molar-refractivity contribution >= 4 is 23.2 Å². The van der Waals surface area contributed by atoms with Gasteiger partial charge in [-0.2, -0.15) is 0 Å². The quantitative estimate of drug-likeness (QED) is 0.470. The zero-order valence-electron chi connectivity index (χ0n) is 18.4. The molecule has 1 aromatic carbocycles. The van der Waals surface area contributed by atoms with Crippen LogP contribution < -0.4 is 4.48 Å². The second-order valence-electron chi connectivity index (χ2n) is 11.1. The van der Waals surface area contributed by atoms with Gasteiger partial charge in [-0.05, 0) is 68.3 Å². The SMILES string of the molecule is Cc1ccc(Cl)cc1[N+]1(C)C(=O)C=C[C@@]2(C)[C@H]1CC[C@H]1[C@@H]3CCC[C@@]3(C)CC[C@@H]12. The van der Waals surface area contributed by atoms with Gasteiger partial charge in [0.15, 0.2) is 0 Å². The van der Waals surface area contributed by atoms with Crippen molar-refractivity contribution < 1.29 is 4.79 Å². The van der Waals surface area contributed by atoms with Crippen molar-refractivity contribution in [3.8, 4) is 0 Å². The number of halogens is 1. The first kappa shape index (κ1) is 19.8. The number of carbonyl (C=O) groups is 1. The number of nitrogens with zero attached hydrogens (tertiary/aromatic N) is 1. The third kappa shape index (κ3) is 2.61. The van der Waals surface area contributed by atoms with Crippen LogP contribution in [-0.4, -0.2) is 19.0 Å². The predicted molar refractivity (Wildman–Crippen MR) is 121 cm³/mol. The summed E-state index contributed by atoms with van der Waals surface area (Å²) >= 11 is 6.40. The van der Waals surface area contributed by atoms with Crippen LogP contribution in [0.15, 0.2) is 30.4 Å². The molecule has 0 spiro atoms. The molecular weight excluding hydrogens is 378 g/mol. The summed E-state index contributed by atoms with van der Waals surface area (Å²) in [6.45, 7) is 7.14. The Labute approximate surface area is 180 Å². The van der Waals surface area contributed by atoms with Gasteiger partial charge in [-0.3, -0.25) is 0 Å². The summed E-state index contributed by atoms with van der Waals surface area (Å²) in [5, 5.41) is 0.724. The average molecular weight is 413 g/mol. The summed E-state index contributed by atoms with van der Waals surface area (Å²) in [6, 6.07) is 6.34. The van der Waals surface area contributed by atoms with E-state index in [9.17, 15) is 4.79 Å². The maximum Gasteiger partial charge on any atom is 0.343 e. The lowest BCUT2D eigenvalue weighted by atomic mass is 9.48. The Kier molecular flexibility index (Phi) is 4.40. The van der Waals surface area contributed by atoms with E-state index in [1.807, 2.05) is 18.2 Å². The molecular formula is C26H35ClNO+. The van der Waals surface area contributed by atoms with E-state index in [2.05, 4.69) is 40.0 Å². The fourth-order valence-electron chi connectivity index (χ4n) is 8.34. The van der Waals surface area contributed by atoms with Gasteiger partial charge < -0.3 is 0 Å². The molecule has 3 heteroatoms.